The average molecular weight is 479 g/mol. The van der Waals surface area contributed by atoms with Crippen LogP contribution in [0.3, 0.4) is 0 Å². The van der Waals surface area contributed by atoms with Gasteiger partial charge in [0.15, 0.2) is 9.84 Å². The Morgan fingerprint density at radius 1 is 0.903 bits per heavy atom. The van der Waals surface area contributed by atoms with Crippen molar-refractivity contribution in [3.8, 4) is 0 Å². The number of aryl methyl sites for hydroxylation is 1. The van der Waals surface area contributed by atoms with Gasteiger partial charge in [0.05, 0.1) is 10.6 Å². The van der Waals surface area contributed by atoms with Crippen LogP contribution >= 0.6 is 11.6 Å². The van der Waals surface area contributed by atoms with Gasteiger partial charge < -0.3 is 0 Å². The average Bonchev–Trinajstić information content (AvgIpc) is 2.75. The fraction of sp³-hybridized carbons (Fsp3) is 0.227. The van der Waals surface area contributed by atoms with Crippen molar-refractivity contribution in [3.63, 3.8) is 0 Å². The molecule has 0 aliphatic carbocycles. The minimum atomic E-state index is -3.88. The Kier molecular flexibility index (Phi) is 7.83. The van der Waals surface area contributed by atoms with Gasteiger partial charge >= 0.3 is 0 Å². The van der Waals surface area contributed by atoms with Crippen LogP contribution < -0.4 is 4.72 Å². The standard InChI is InChI=1S/C22H23ClN2O4S2/c23-20-10-12-21(13-11-20)31(28,29)22(19-9-4-14-24-16-19)17-25-30(26,27)15-5-8-18-6-2-1-3-7-18/h1-4,6-7,9-14,16,22,25H,5,8,15,17H2/t22-/m1/s1. The molecule has 0 unspecified atom stereocenters. The zero-order chi connectivity index (χ0) is 22.3. The largest absolute Gasteiger partial charge is 0.264 e. The molecule has 1 N–H and O–H groups in total. The number of aromatic nitrogens is 1. The van der Waals surface area contributed by atoms with E-state index in [0.717, 1.165) is 5.56 Å². The molecule has 3 aromatic rings. The smallest absolute Gasteiger partial charge is 0.211 e. The molecule has 0 aliphatic rings. The minimum absolute atomic E-state index is 0.0639. The number of benzene rings is 2. The van der Waals surface area contributed by atoms with Crippen LogP contribution in [0.15, 0.2) is 84.0 Å². The van der Waals surface area contributed by atoms with E-state index in [1.165, 1.54) is 36.7 Å². The second kappa shape index (κ2) is 10.4. The molecule has 0 aliphatic heterocycles. The second-order valence-electron chi connectivity index (χ2n) is 7.03. The number of sulfonamides is 1. The number of halogens is 1. The monoisotopic (exact) mass is 478 g/mol. The van der Waals surface area contributed by atoms with Crippen molar-refractivity contribution >= 4 is 31.5 Å². The van der Waals surface area contributed by atoms with E-state index in [1.54, 1.807) is 12.1 Å². The molecule has 0 amide bonds. The highest BCUT2D eigenvalue weighted by Crippen LogP contribution is 2.29. The summed E-state index contributed by atoms with van der Waals surface area (Å²) in [6, 6.07) is 18.6. The number of nitrogens with one attached hydrogen (secondary N) is 1. The van der Waals surface area contributed by atoms with Crippen LogP contribution in [-0.2, 0) is 26.3 Å². The molecule has 0 radical (unpaired) electrons. The van der Waals surface area contributed by atoms with Gasteiger partial charge in [0.2, 0.25) is 10.0 Å². The molecular weight excluding hydrogens is 456 g/mol. The van der Waals surface area contributed by atoms with Gasteiger partial charge in [-0.25, -0.2) is 21.6 Å². The van der Waals surface area contributed by atoms with Crippen molar-refractivity contribution in [3.05, 3.63) is 95.3 Å². The summed E-state index contributed by atoms with van der Waals surface area (Å²) in [6.07, 6.45) is 4.02. The number of sulfone groups is 1. The predicted molar refractivity (Wildman–Crippen MR) is 122 cm³/mol. The van der Waals surface area contributed by atoms with E-state index in [0.29, 0.717) is 23.4 Å². The summed E-state index contributed by atoms with van der Waals surface area (Å²) in [5, 5.41) is -0.706. The molecule has 2 aromatic carbocycles. The Balaban J connectivity index is 1.74. The maximum Gasteiger partial charge on any atom is 0.211 e. The molecule has 1 heterocycles. The Bertz CT molecular complexity index is 1190. The molecule has 6 nitrogen and oxygen atoms in total. The molecule has 3 rings (SSSR count). The number of hydrogen-bond donors (Lipinski definition) is 1. The summed E-state index contributed by atoms with van der Waals surface area (Å²) >= 11 is 5.88. The number of rotatable bonds is 10. The van der Waals surface area contributed by atoms with Gasteiger partial charge in [-0.1, -0.05) is 48.0 Å². The minimum Gasteiger partial charge on any atom is -0.264 e. The molecule has 0 fully saturated rings. The van der Waals surface area contributed by atoms with Gasteiger partial charge in [0.1, 0.15) is 5.25 Å². The molecular formula is C22H23ClN2O4S2. The van der Waals surface area contributed by atoms with Crippen molar-refractivity contribution in [1.82, 2.24) is 9.71 Å². The van der Waals surface area contributed by atoms with Gasteiger partial charge in [-0.05, 0) is 54.3 Å². The first-order chi connectivity index (χ1) is 14.8. The highest BCUT2D eigenvalue weighted by molar-refractivity contribution is 7.92. The lowest BCUT2D eigenvalue weighted by Gasteiger charge is -2.19. The number of hydrogen-bond acceptors (Lipinski definition) is 5. The Labute approximate surface area is 188 Å². The third-order valence-electron chi connectivity index (χ3n) is 4.78. The maximum absolute atomic E-state index is 13.3. The first-order valence-corrected chi connectivity index (χ1v) is 13.3. The highest BCUT2D eigenvalue weighted by Gasteiger charge is 2.30. The van der Waals surface area contributed by atoms with Gasteiger partial charge in [0.25, 0.3) is 0 Å². The van der Waals surface area contributed by atoms with E-state index in [-0.39, 0.29) is 17.2 Å². The zero-order valence-corrected chi connectivity index (χ0v) is 19.1. The Hall–Kier alpha value is -2.26. The predicted octanol–water partition coefficient (Wildman–Crippen LogP) is 3.80. The van der Waals surface area contributed by atoms with E-state index in [9.17, 15) is 16.8 Å². The third-order valence-corrected chi connectivity index (χ3v) is 8.58. The zero-order valence-electron chi connectivity index (χ0n) is 16.7. The fourth-order valence-corrected chi connectivity index (χ4v) is 6.11. The van der Waals surface area contributed by atoms with E-state index in [4.69, 9.17) is 11.6 Å². The SMILES string of the molecule is O=S(=O)(CCCc1ccccc1)NC[C@H](c1cccnc1)S(=O)(=O)c1ccc(Cl)cc1. The summed E-state index contributed by atoms with van der Waals surface area (Å²) < 4.78 is 54.0. The lowest BCUT2D eigenvalue weighted by molar-refractivity contribution is 0.567. The molecule has 0 saturated heterocycles. The quantitative estimate of drug-likeness (QED) is 0.478. The van der Waals surface area contributed by atoms with Crippen molar-refractivity contribution in [2.45, 2.75) is 23.0 Å². The van der Waals surface area contributed by atoms with E-state index >= 15 is 0 Å². The van der Waals surface area contributed by atoms with Crippen molar-refractivity contribution in [2.75, 3.05) is 12.3 Å². The molecule has 31 heavy (non-hydrogen) atoms. The van der Waals surface area contributed by atoms with E-state index < -0.39 is 25.1 Å². The van der Waals surface area contributed by atoms with Gasteiger partial charge in [-0.3, -0.25) is 4.98 Å². The molecule has 164 valence electrons. The van der Waals surface area contributed by atoms with Crippen LogP contribution in [0.4, 0.5) is 0 Å². The molecule has 1 aromatic heterocycles. The van der Waals surface area contributed by atoms with Crippen molar-refractivity contribution < 1.29 is 16.8 Å². The molecule has 0 saturated carbocycles. The van der Waals surface area contributed by atoms with Gasteiger partial charge in [-0.2, -0.15) is 0 Å². The fourth-order valence-electron chi connectivity index (χ4n) is 3.15. The van der Waals surface area contributed by atoms with Gasteiger partial charge in [0, 0.05) is 24.0 Å². The first-order valence-electron chi connectivity index (χ1n) is 9.68. The molecule has 0 spiro atoms. The normalized spacial score (nSPS) is 13.1. The van der Waals surface area contributed by atoms with Crippen LogP contribution in [0.2, 0.25) is 5.02 Å². The second-order valence-corrected chi connectivity index (χ2v) is 11.5. The molecule has 9 heteroatoms. The van der Waals surface area contributed by atoms with Crippen LogP contribution in [0.25, 0.3) is 0 Å². The lowest BCUT2D eigenvalue weighted by atomic mass is 10.1. The lowest BCUT2D eigenvalue weighted by Crippen LogP contribution is -2.33. The summed E-state index contributed by atoms with van der Waals surface area (Å²) in [6.45, 7) is -0.287. The molecule has 1 atom stereocenters. The Morgan fingerprint density at radius 2 is 1.61 bits per heavy atom. The summed E-state index contributed by atoms with van der Waals surface area (Å²) in [7, 11) is -7.54. The molecule has 0 bridgehead atoms. The summed E-state index contributed by atoms with van der Waals surface area (Å²) in [4.78, 5) is 4.06. The van der Waals surface area contributed by atoms with Crippen molar-refractivity contribution in [2.24, 2.45) is 0 Å². The van der Waals surface area contributed by atoms with E-state index in [1.807, 2.05) is 30.3 Å². The Morgan fingerprint density at radius 3 is 2.26 bits per heavy atom. The highest BCUT2D eigenvalue weighted by atomic mass is 35.5. The topological polar surface area (TPSA) is 93.2 Å². The maximum atomic E-state index is 13.3. The van der Waals surface area contributed by atoms with E-state index in [2.05, 4.69) is 9.71 Å². The van der Waals surface area contributed by atoms with Crippen molar-refractivity contribution in [1.29, 1.82) is 0 Å². The number of pyridine rings is 1. The summed E-state index contributed by atoms with van der Waals surface area (Å²) in [5.41, 5.74) is 1.46. The van der Waals surface area contributed by atoms with Crippen LogP contribution in [-0.4, -0.2) is 34.1 Å². The van der Waals surface area contributed by atoms with Crippen LogP contribution in [0.5, 0.6) is 0 Å². The van der Waals surface area contributed by atoms with Crippen LogP contribution in [0, 0.1) is 0 Å². The van der Waals surface area contributed by atoms with Gasteiger partial charge in [-0.15, -0.1) is 0 Å². The number of nitrogens with zero attached hydrogens (tertiary/aromatic N) is 1. The summed E-state index contributed by atoms with van der Waals surface area (Å²) in [5.74, 6) is -0.0946. The first kappa shape index (κ1) is 23.4. The third kappa shape index (κ3) is 6.61. The van der Waals surface area contributed by atoms with Crippen LogP contribution in [0.1, 0.15) is 22.8 Å².